The van der Waals surface area contributed by atoms with Crippen LogP contribution >= 0.6 is 23.2 Å². The molecular formula is C27H34Cl2N2O3S. The molecule has 190 valence electrons. The number of hydrogen-bond acceptors (Lipinski definition) is 3. The first kappa shape index (κ1) is 27.7. The van der Waals surface area contributed by atoms with Gasteiger partial charge in [0.05, 0.1) is 17.2 Å². The van der Waals surface area contributed by atoms with E-state index in [2.05, 4.69) is 11.3 Å². The maximum atomic E-state index is 14.2. The van der Waals surface area contributed by atoms with Crippen molar-refractivity contribution < 1.29 is 13.2 Å². The highest BCUT2D eigenvalue weighted by Gasteiger charge is 2.50. The number of amides is 1. The molecule has 0 unspecified atom stereocenters. The van der Waals surface area contributed by atoms with E-state index in [4.69, 9.17) is 23.2 Å². The van der Waals surface area contributed by atoms with E-state index >= 15 is 0 Å². The number of piperidine rings is 1. The quantitative estimate of drug-likeness (QED) is 0.359. The topological polar surface area (TPSA) is 66.5 Å². The first-order valence-corrected chi connectivity index (χ1v) is 14.3. The molecule has 0 bridgehead atoms. The molecule has 1 saturated heterocycles. The van der Waals surface area contributed by atoms with Gasteiger partial charge in [0.15, 0.2) is 0 Å². The molecule has 1 aliphatic heterocycles. The van der Waals surface area contributed by atoms with Crippen molar-refractivity contribution in [2.45, 2.75) is 57.5 Å². The van der Waals surface area contributed by atoms with E-state index in [0.29, 0.717) is 35.7 Å². The lowest BCUT2D eigenvalue weighted by atomic mass is 9.67. The minimum Gasteiger partial charge on any atom is -0.332 e. The molecule has 2 aromatic carbocycles. The molecule has 1 N–H and O–H groups in total. The zero-order chi connectivity index (χ0) is 25.8. The normalized spacial score (nSPS) is 23.8. The SMILES string of the molecule is C=CC[C@@]1(C)C[C@H](c2cccc(Cl)c2)[C@@H](c2ccc(Cl)cc2)N([C@@H](CC)CCS(=O)(=O)NC)C1=O. The Kier molecular flexibility index (Phi) is 9.08. The maximum Gasteiger partial charge on any atom is 0.229 e. The molecule has 1 heterocycles. The third kappa shape index (κ3) is 6.29. The van der Waals surface area contributed by atoms with Crippen molar-refractivity contribution in [1.82, 2.24) is 9.62 Å². The van der Waals surface area contributed by atoms with Gasteiger partial charge in [-0.2, -0.15) is 0 Å². The van der Waals surface area contributed by atoms with Crippen LogP contribution in [0.2, 0.25) is 10.0 Å². The highest BCUT2D eigenvalue weighted by molar-refractivity contribution is 7.89. The predicted octanol–water partition coefficient (Wildman–Crippen LogP) is 6.35. The van der Waals surface area contributed by atoms with E-state index in [9.17, 15) is 13.2 Å². The molecule has 8 heteroatoms. The molecule has 4 atom stereocenters. The summed E-state index contributed by atoms with van der Waals surface area (Å²) in [5.41, 5.74) is 1.33. The average Bonchev–Trinajstić information content (AvgIpc) is 2.82. The Hall–Kier alpha value is -1.86. The van der Waals surface area contributed by atoms with E-state index in [0.717, 1.165) is 11.1 Å². The van der Waals surface area contributed by atoms with Gasteiger partial charge >= 0.3 is 0 Å². The number of carbonyl (C=O) groups is 1. The van der Waals surface area contributed by atoms with Crippen LogP contribution in [0.1, 0.15) is 62.6 Å². The van der Waals surface area contributed by atoms with Crippen molar-refractivity contribution in [3.63, 3.8) is 0 Å². The van der Waals surface area contributed by atoms with Gasteiger partial charge in [0.2, 0.25) is 15.9 Å². The lowest BCUT2D eigenvalue weighted by Crippen LogP contribution is -2.55. The first-order valence-electron chi connectivity index (χ1n) is 11.9. The number of halogens is 2. The number of nitrogens with zero attached hydrogens (tertiary/aromatic N) is 1. The minimum atomic E-state index is -3.42. The summed E-state index contributed by atoms with van der Waals surface area (Å²) < 4.78 is 26.9. The second kappa shape index (κ2) is 11.5. The molecule has 1 fully saturated rings. The average molecular weight is 538 g/mol. The van der Waals surface area contributed by atoms with Crippen molar-refractivity contribution in [1.29, 1.82) is 0 Å². The van der Waals surface area contributed by atoms with Crippen LogP contribution in [-0.4, -0.2) is 38.1 Å². The number of rotatable bonds is 10. The summed E-state index contributed by atoms with van der Waals surface area (Å²) in [4.78, 5) is 16.1. The maximum absolute atomic E-state index is 14.2. The van der Waals surface area contributed by atoms with E-state index in [1.54, 1.807) is 6.08 Å². The predicted molar refractivity (Wildman–Crippen MR) is 144 cm³/mol. The molecule has 0 aliphatic carbocycles. The zero-order valence-electron chi connectivity index (χ0n) is 20.5. The van der Waals surface area contributed by atoms with Crippen molar-refractivity contribution >= 4 is 39.1 Å². The highest BCUT2D eigenvalue weighted by Crippen LogP contribution is 2.52. The first-order chi connectivity index (χ1) is 16.5. The summed E-state index contributed by atoms with van der Waals surface area (Å²) >= 11 is 12.6. The molecule has 3 rings (SSSR count). The molecule has 2 aromatic rings. The summed E-state index contributed by atoms with van der Waals surface area (Å²) in [6.45, 7) is 7.89. The summed E-state index contributed by atoms with van der Waals surface area (Å²) in [6, 6.07) is 14.8. The number of nitrogens with one attached hydrogen (secondary N) is 1. The van der Waals surface area contributed by atoms with Gasteiger partial charge in [0.25, 0.3) is 0 Å². The second-order valence-corrected chi connectivity index (χ2v) is 12.4. The van der Waals surface area contributed by atoms with Gasteiger partial charge in [0.1, 0.15) is 0 Å². The molecule has 0 saturated carbocycles. The fourth-order valence-corrected chi connectivity index (χ4v) is 6.33. The molecule has 5 nitrogen and oxygen atoms in total. The van der Waals surface area contributed by atoms with Crippen molar-refractivity contribution in [3.8, 4) is 0 Å². The Balaban J connectivity index is 2.19. The Morgan fingerprint density at radius 1 is 1.17 bits per heavy atom. The third-order valence-corrected chi connectivity index (χ3v) is 8.96. The van der Waals surface area contributed by atoms with Gasteiger partial charge in [-0.15, -0.1) is 6.58 Å². The van der Waals surface area contributed by atoms with Crippen LogP contribution in [0.15, 0.2) is 61.2 Å². The van der Waals surface area contributed by atoms with Crippen LogP contribution in [0.5, 0.6) is 0 Å². The number of hydrogen-bond donors (Lipinski definition) is 1. The highest BCUT2D eigenvalue weighted by atomic mass is 35.5. The molecule has 0 radical (unpaired) electrons. The molecular weight excluding hydrogens is 503 g/mol. The Labute approximate surface area is 219 Å². The number of benzene rings is 2. The van der Waals surface area contributed by atoms with Crippen LogP contribution < -0.4 is 4.72 Å². The van der Waals surface area contributed by atoms with Gasteiger partial charge in [-0.3, -0.25) is 4.79 Å². The van der Waals surface area contributed by atoms with Gasteiger partial charge in [-0.25, -0.2) is 13.1 Å². The van der Waals surface area contributed by atoms with Crippen LogP contribution in [0.3, 0.4) is 0 Å². The smallest absolute Gasteiger partial charge is 0.229 e. The largest absolute Gasteiger partial charge is 0.332 e. The molecule has 35 heavy (non-hydrogen) atoms. The van der Waals surface area contributed by atoms with Crippen LogP contribution in [0.25, 0.3) is 0 Å². The van der Waals surface area contributed by atoms with Gasteiger partial charge < -0.3 is 4.90 Å². The third-order valence-electron chi connectivity index (χ3n) is 7.08. The van der Waals surface area contributed by atoms with E-state index in [-0.39, 0.29) is 29.7 Å². The second-order valence-electron chi connectivity index (χ2n) is 9.50. The Morgan fingerprint density at radius 2 is 1.86 bits per heavy atom. The Morgan fingerprint density at radius 3 is 2.43 bits per heavy atom. The molecule has 1 aliphatic rings. The van der Waals surface area contributed by atoms with Crippen molar-refractivity contribution in [2.24, 2.45) is 5.41 Å². The van der Waals surface area contributed by atoms with Crippen molar-refractivity contribution in [3.05, 3.63) is 82.4 Å². The monoisotopic (exact) mass is 536 g/mol. The number of likely N-dealkylation sites (tertiary alicyclic amines) is 1. The lowest BCUT2D eigenvalue weighted by molar-refractivity contribution is -0.154. The number of carbonyl (C=O) groups excluding carboxylic acids is 1. The van der Waals surface area contributed by atoms with Gasteiger partial charge in [-0.05, 0) is 68.1 Å². The van der Waals surface area contributed by atoms with Gasteiger partial charge in [0, 0.05) is 22.0 Å². The van der Waals surface area contributed by atoms with Crippen molar-refractivity contribution in [2.75, 3.05) is 12.8 Å². The summed E-state index contributed by atoms with van der Waals surface area (Å²) in [6.07, 6.45) is 3.90. The molecule has 1 amide bonds. The summed E-state index contributed by atoms with van der Waals surface area (Å²) in [5.74, 6) is -0.0871. The van der Waals surface area contributed by atoms with Crippen LogP contribution in [0, 0.1) is 5.41 Å². The fourth-order valence-electron chi connectivity index (χ4n) is 5.22. The van der Waals surface area contributed by atoms with E-state index < -0.39 is 15.4 Å². The van der Waals surface area contributed by atoms with E-state index in [1.807, 2.05) is 67.3 Å². The van der Waals surface area contributed by atoms with Gasteiger partial charge in [-0.1, -0.05) is 67.4 Å². The standard InChI is InChI=1S/C27H34Cl2N2O3S/c1-5-15-27(3)18-24(20-8-7-9-22(29)17-20)25(19-10-12-21(28)13-11-19)31(26(27)32)23(6-2)14-16-35(33,34)30-4/h5,7-13,17,23-25,30H,1,6,14-16,18H2,2-4H3/t23-,24+,25+,27-/m0/s1. The van der Waals surface area contributed by atoms with Crippen LogP contribution in [0.4, 0.5) is 0 Å². The zero-order valence-corrected chi connectivity index (χ0v) is 22.8. The molecule has 0 aromatic heterocycles. The van der Waals surface area contributed by atoms with E-state index in [1.165, 1.54) is 7.05 Å². The summed E-state index contributed by atoms with van der Waals surface area (Å²) in [7, 11) is -2.01. The summed E-state index contributed by atoms with van der Waals surface area (Å²) in [5, 5.41) is 1.25. The lowest BCUT2D eigenvalue weighted by Gasteiger charge is -2.52. The minimum absolute atomic E-state index is 0.0179. The number of sulfonamides is 1. The number of allylic oxidation sites excluding steroid dienone is 1. The van der Waals surface area contributed by atoms with Crippen LogP contribution in [-0.2, 0) is 14.8 Å². The fraction of sp³-hybridized carbons (Fsp3) is 0.444. The Bertz CT molecular complexity index is 1150. The molecule has 0 spiro atoms.